The Kier molecular flexibility index (Phi) is 3.76. The van der Waals surface area contributed by atoms with Gasteiger partial charge in [0.15, 0.2) is 6.10 Å². The quantitative estimate of drug-likeness (QED) is 0.798. The molecule has 0 saturated heterocycles. The van der Waals surface area contributed by atoms with Crippen molar-refractivity contribution < 1.29 is 18.3 Å². The van der Waals surface area contributed by atoms with Gasteiger partial charge in [0.25, 0.3) is 0 Å². The van der Waals surface area contributed by atoms with Gasteiger partial charge in [0, 0.05) is 32.5 Å². The molecule has 3 nitrogen and oxygen atoms in total. The molecular weight excluding hydrogens is 209 g/mol. The van der Waals surface area contributed by atoms with Crippen LogP contribution in [0.4, 0.5) is 13.2 Å². The fourth-order valence-corrected chi connectivity index (χ4v) is 1.13. The molecular formula is C9H13F3N2O. The zero-order valence-electron chi connectivity index (χ0n) is 8.25. The predicted molar refractivity (Wildman–Crippen MR) is 49.2 cm³/mol. The molecule has 0 bridgehead atoms. The second-order valence-electron chi connectivity index (χ2n) is 3.37. The first-order valence-electron chi connectivity index (χ1n) is 4.46. The number of nitrogens with one attached hydrogen (secondary N) is 1. The third kappa shape index (κ3) is 3.93. The van der Waals surface area contributed by atoms with Crippen LogP contribution in [0.2, 0.25) is 0 Å². The lowest BCUT2D eigenvalue weighted by atomic mass is 10.3. The molecule has 2 N–H and O–H groups in total. The van der Waals surface area contributed by atoms with Crippen LogP contribution in [-0.4, -0.2) is 28.5 Å². The number of hydrogen-bond donors (Lipinski definition) is 2. The summed E-state index contributed by atoms with van der Waals surface area (Å²) in [5.41, 5.74) is 0.881. The van der Waals surface area contributed by atoms with Gasteiger partial charge in [-0.3, -0.25) is 0 Å². The Morgan fingerprint density at radius 2 is 2.20 bits per heavy atom. The van der Waals surface area contributed by atoms with Crippen LogP contribution in [0.5, 0.6) is 0 Å². The van der Waals surface area contributed by atoms with E-state index in [2.05, 4.69) is 5.32 Å². The molecule has 0 amide bonds. The highest BCUT2D eigenvalue weighted by Crippen LogP contribution is 2.19. The van der Waals surface area contributed by atoms with Crippen LogP contribution in [0.25, 0.3) is 0 Å². The number of aliphatic hydroxyl groups excluding tert-OH is 1. The lowest BCUT2D eigenvalue weighted by Crippen LogP contribution is -2.38. The summed E-state index contributed by atoms with van der Waals surface area (Å²) in [5.74, 6) is 0. The van der Waals surface area contributed by atoms with Crippen LogP contribution in [0.15, 0.2) is 18.5 Å². The van der Waals surface area contributed by atoms with Crippen molar-refractivity contribution in [3.8, 4) is 0 Å². The maximum Gasteiger partial charge on any atom is 0.415 e. The fraction of sp³-hybridized carbons (Fsp3) is 0.556. The molecule has 0 radical (unpaired) electrons. The highest BCUT2D eigenvalue weighted by Gasteiger charge is 2.37. The molecule has 1 aromatic heterocycles. The summed E-state index contributed by atoms with van der Waals surface area (Å²) in [6, 6.07) is 1.80. The summed E-state index contributed by atoms with van der Waals surface area (Å²) < 4.78 is 37.5. The highest BCUT2D eigenvalue weighted by atomic mass is 19.4. The summed E-state index contributed by atoms with van der Waals surface area (Å²) in [6.45, 7) is -0.174. The SMILES string of the molecule is Cn1ccc(CNCC(O)C(F)(F)F)c1. The molecule has 0 fully saturated rings. The molecule has 0 aromatic carbocycles. The Bertz CT molecular complexity index is 309. The Balaban J connectivity index is 2.28. The van der Waals surface area contributed by atoms with Crippen molar-refractivity contribution >= 4 is 0 Å². The molecule has 0 saturated carbocycles. The average Bonchev–Trinajstić information content (AvgIpc) is 2.49. The summed E-state index contributed by atoms with van der Waals surface area (Å²) in [5, 5.41) is 11.2. The van der Waals surface area contributed by atoms with Gasteiger partial charge in [0.2, 0.25) is 0 Å². The minimum absolute atomic E-state index is 0.313. The Hall–Kier alpha value is -1.01. The van der Waals surface area contributed by atoms with Crippen molar-refractivity contribution in [2.45, 2.75) is 18.8 Å². The zero-order valence-corrected chi connectivity index (χ0v) is 8.25. The molecule has 1 heterocycles. The van der Waals surface area contributed by atoms with Crippen molar-refractivity contribution in [2.75, 3.05) is 6.54 Å². The molecule has 6 heteroatoms. The van der Waals surface area contributed by atoms with Crippen molar-refractivity contribution in [3.63, 3.8) is 0 Å². The van der Waals surface area contributed by atoms with Crippen molar-refractivity contribution in [2.24, 2.45) is 7.05 Å². The summed E-state index contributed by atoms with van der Waals surface area (Å²) >= 11 is 0. The molecule has 1 aromatic rings. The normalized spacial score (nSPS) is 14.2. The van der Waals surface area contributed by atoms with Gasteiger partial charge in [-0.1, -0.05) is 0 Å². The molecule has 0 aliphatic heterocycles. The number of aryl methyl sites for hydroxylation is 1. The van der Waals surface area contributed by atoms with Crippen molar-refractivity contribution in [1.82, 2.24) is 9.88 Å². The van der Waals surface area contributed by atoms with Gasteiger partial charge in [-0.2, -0.15) is 13.2 Å². The fourth-order valence-electron chi connectivity index (χ4n) is 1.13. The van der Waals surface area contributed by atoms with E-state index in [4.69, 9.17) is 5.11 Å². The first kappa shape index (κ1) is 12.1. The first-order valence-corrected chi connectivity index (χ1v) is 4.46. The van der Waals surface area contributed by atoms with Gasteiger partial charge in [-0.05, 0) is 11.6 Å². The number of aliphatic hydroxyl groups is 1. The molecule has 0 spiro atoms. The zero-order chi connectivity index (χ0) is 11.5. The van der Waals surface area contributed by atoms with E-state index in [1.807, 2.05) is 7.05 Å². The smallest absolute Gasteiger partial charge is 0.382 e. The molecule has 86 valence electrons. The number of rotatable bonds is 4. The second-order valence-corrected chi connectivity index (χ2v) is 3.37. The van der Waals surface area contributed by atoms with Crippen LogP contribution >= 0.6 is 0 Å². The van der Waals surface area contributed by atoms with E-state index >= 15 is 0 Å². The van der Waals surface area contributed by atoms with Crippen LogP contribution in [0.3, 0.4) is 0 Å². The standard InChI is InChI=1S/C9H13F3N2O/c1-14-3-2-7(6-14)4-13-5-8(15)9(10,11)12/h2-3,6,8,13,15H,4-5H2,1H3. The lowest BCUT2D eigenvalue weighted by molar-refractivity contribution is -0.201. The summed E-state index contributed by atoms with van der Waals surface area (Å²) in [7, 11) is 1.83. The van der Waals surface area contributed by atoms with Gasteiger partial charge >= 0.3 is 6.18 Å². The van der Waals surface area contributed by atoms with Crippen molar-refractivity contribution in [3.05, 3.63) is 24.0 Å². The molecule has 1 unspecified atom stereocenters. The van der Waals surface area contributed by atoms with Gasteiger partial charge in [0.1, 0.15) is 0 Å². The predicted octanol–water partition coefficient (Wildman–Crippen LogP) is 1.04. The van der Waals surface area contributed by atoms with Gasteiger partial charge in [0.05, 0.1) is 0 Å². The van der Waals surface area contributed by atoms with E-state index in [1.54, 1.807) is 23.0 Å². The van der Waals surface area contributed by atoms with E-state index in [-0.39, 0.29) is 0 Å². The molecule has 0 aliphatic rings. The van der Waals surface area contributed by atoms with E-state index in [0.717, 1.165) is 5.56 Å². The maximum atomic E-state index is 11.9. The number of halogens is 3. The minimum atomic E-state index is -4.55. The van der Waals surface area contributed by atoms with Crippen LogP contribution in [0, 0.1) is 0 Å². The Morgan fingerprint density at radius 1 is 1.53 bits per heavy atom. The minimum Gasteiger partial charge on any atom is -0.382 e. The van der Waals surface area contributed by atoms with E-state index < -0.39 is 18.8 Å². The van der Waals surface area contributed by atoms with Crippen LogP contribution in [0.1, 0.15) is 5.56 Å². The van der Waals surface area contributed by atoms with Gasteiger partial charge in [-0.15, -0.1) is 0 Å². The molecule has 1 rings (SSSR count). The Morgan fingerprint density at radius 3 is 2.67 bits per heavy atom. The summed E-state index contributed by atoms with van der Waals surface area (Å²) in [4.78, 5) is 0. The van der Waals surface area contributed by atoms with Crippen LogP contribution < -0.4 is 5.32 Å². The monoisotopic (exact) mass is 222 g/mol. The molecule has 0 aliphatic carbocycles. The van der Waals surface area contributed by atoms with Crippen LogP contribution in [-0.2, 0) is 13.6 Å². The number of hydrogen-bond acceptors (Lipinski definition) is 2. The third-order valence-electron chi connectivity index (χ3n) is 1.94. The topological polar surface area (TPSA) is 37.2 Å². The number of nitrogens with zero attached hydrogens (tertiary/aromatic N) is 1. The van der Waals surface area contributed by atoms with E-state index in [1.165, 1.54) is 0 Å². The third-order valence-corrected chi connectivity index (χ3v) is 1.94. The van der Waals surface area contributed by atoms with E-state index in [9.17, 15) is 13.2 Å². The lowest BCUT2D eigenvalue weighted by Gasteiger charge is -2.14. The first-order chi connectivity index (χ1) is 6.89. The number of aromatic nitrogens is 1. The Labute approximate surface area is 85.5 Å². The molecule has 1 atom stereocenters. The van der Waals surface area contributed by atoms with Crippen molar-refractivity contribution in [1.29, 1.82) is 0 Å². The largest absolute Gasteiger partial charge is 0.415 e. The highest BCUT2D eigenvalue weighted by molar-refractivity contribution is 5.09. The summed E-state index contributed by atoms with van der Waals surface area (Å²) in [6.07, 6.45) is -3.25. The van der Waals surface area contributed by atoms with E-state index in [0.29, 0.717) is 6.54 Å². The van der Waals surface area contributed by atoms with Gasteiger partial charge < -0.3 is 15.0 Å². The average molecular weight is 222 g/mol. The second kappa shape index (κ2) is 4.67. The maximum absolute atomic E-state index is 11.9. The van der Waals surface area contributed by atoms with Gasteiger partial charge in [-0.25, -0.2) is 0 Å². The molecule has 15 heavy (non-hydrogen) atoms. The number of alkyl halides is 3.